The maximum absolute atomic E-state index is 11.3. The molecule has 1 saturated carbocycles. The maximum atomic E-state index is 11.3. The lowest BCUT2D eigenvalue weighted by Gasteiger charge is -2.28. The number of hydrogen-bond acceptors (Lipinski definition) is 4. The van der Waals surface area contributed by atoms with Crippen molar-refractivity contribution in [1.29, 1.82) is 0 Å². The van der Waals surface area contributed by atoms with Crippen LogP contribution in [0.15, 0.2) is 18.2 Å². The molecule has 0 radical (unpaired) electrons. The van der Waals surface area contributed by atoms with Gasteiger partial charge in [0.25, 0.3) is 5.69 Å². The summed E-state index contributed by atoms with van der Waals surface area (Å²) in [6.45, 7) is 2.22. The normalized spacial score (nSPS) is 22.0. The van der Waals surface area contributed by atoms with Crippen LogP contribution in [0.1, 0.15) is 48.5 Å². The number of carbonyl (C=O) groups is 1. The molecule has 2 rings (SSSR count). The van der Waals surface area contributed by atoms with Crippen LogP contribution in [0, 0.1) is 16.0 Å². The molecular formula is C15H19NO5. The monoisotopic (exact) mass is 293 g/mol. The zero-order valence-electron chi connectivity index (χ0n) is 11.9. The fraction of sp³-hybridized carbons (Fsp3) is 0.533. The first-order valence-electron chi connectivity index (χ1n) is 7.12. The average Bonchev–Trinajstić information content (AvgIpc) is 2.45. The molecule has 1 N–H and O–H groups in total. The summed E-state index contributed by atoms with van der Waals surface area (Å²) in [6.07, 6.45) is 4.46. The van der Waals surface area contributed by atoms with E-state index in [-0.39, 0.29) is 24.0 Å². The van der Waals surface area contributed by atoms with Crippen molar-refractivity contribution in [3.63, 3.8) is 0 Å². The van der Waals surface area contributed by atoms with E-state index >= 15 is 0 Å². The predicted molar refractivity (Wildman–Crippen MR) is 76.3 cm³/mol. The van der Waals surface area contributed by atoms with E-state index < -0.39 is 10.9 Å². The van der Waals surface area contributed by atoms with Crippen molar-refractivity contribution >= 4 is 11.7 Å². The Kier molecular flexibility index (Phi) is 4.90. The van der Waals surface area contributed by atoms with Gasteiger partial charge in [0.2, 0.25) is 0 Å². The van der Waals surface area contributed by atoms with E-state index in [2.05, 4.69) is 6.92 Å². The van der Waals surface area contributed by atoms with E-state index in [0.29, 0.717) is 11.5 Å². The molecule has 0 saturated heterocycles. The minimum Gasteiger partial charge on any atom is -0.477 e. The summed E-state index contributed by atoms with van der Waals surface area (Å²) in [5.74, 6) is -0.858. The van der Waals surface area contributed by atoms with E-state index in [1.807, 2.05) is 0 Å². The molecule has 0 spiro atoms. The lowest BCUT2D eigenvalue weighted by Crippen LogP contribution is -2.25. The Labute approximate surface area is 122 Å². The first-order valence-corrected chi connectivity index (χ1v) is 7.12. The summed E-state index contributed by atoms with van der Waals surface area (Å²) in [5.41, 5.74) is -0.305. The van der Waals surface area contributed by atoms with Crippen molar-refractivity contribution in [3.8, 4) is 0 Å². The van der Waals surface area contributed by atoms with Crippen LogP contribution in [-0.2, 0) is 11.3 Å². The Hall–Kier alpha value is -1.95. The third-order valence-corrected chi connectivity index (χ3v) is 4.03. The molecule has 114 valence electrons. The minimum absolute atomic E-state index is 0.0956. The van der Waals surface area contributed by atoms with Crippen LogP contribution in [0.2, 0.25) is 0 Å². The van der Waals surface area contributed by atoms with Gasteiger partial charge in [-0.1, -0.05) is 31.9 Å². The average molecular weight is 293 g/mol. The van der Waals surface area contributed by atoms with Crippen molar-refractivity contribution in [2.45, 2.75) is 45.3 Å². The Morgan fingerprint density at radius 3 is 2.76 bits per heavy atom. The van der Waals surface area contributed by atoms with Gasteiger partial charge < -0.3 is 9.84 Å². The van der Waals surface area contributed by atoms with E-state index in [0.717, 1.165) is 19.3 Å². The van der Waals surface area contributed by atoms with Gasteiger partial charge in [-0.2, -0.15) is 0 Å². The second kappa shape index (κ2) is 6.67. The van der Waals surface area contributed by atoms with Crippen molar-refractivity contribution < 1.29 is 19.6 Å². The summed E-state index contributed by atoms with van der Waals surface area (Å²) in [6, 6.07) is 4.27. The molecule has 0 aromatic heterocycles. The number of nitro groups is 1. The highest BCUT2D eigenvalue weighted by molar-refractivity contribution is 5.94. The topological polar surface area (TPSA) is 89.7 Å². The van der Waals surface area contributed by atoms with Crippen LogP contribution in [0.25, 0.3) is 0 Å². The maximum Gasteiger partial charge on any atom is 0.343 e. The summed E-state index contributed by atoms with van der Waals surface area (Å²) in [5, 5.41) is 20.2. The van der Waals surface area contributed by atoms with E-state index in [1.54, 1.807) is 6.07 Å². The smallest absolute Gasteiger partial charge is 0.343 e. The summed E-state index contributed by atoms with van der Waals surface area (Å²) < 4.78 is 5.82. The molecule has 1 fully saturated rings. The van der Waals surface area contributed by atoms with Gasteiger partial charge in [-0.05, 0) is 24.3 Å². The molecule has 2 unspecified atom stereocenters. The fourth-order valence-corrected chi connectivity index (χ4v) is 2.83. The Balaban J connectivity index is 2.17. The first-order chi connectivity index (χ1) is 10.0. The van der Waals surface area contributed by atoms with Gasteiger partial charge in [0.05, 0.1) is 17.6 Å². The van der Waals surface area contributed by atoms with Crippen molar-refractivity contribution in [2.24, 2.45) is 5.92 Å². The molecule has 21 heavy (non-hydrogen) atoms. The highest BCUT2D eigenvalue weighted by atomic mass is 16.6. The lowest BCUT2D eigenvalue weighted by molar-refractivity contribution is -0.385. The van der Waals surface area contributed by atoms with Crippen LogP contribution < -0.4 is 0 Å². The molecule has 6 nitrogen and oxygen atoms in total. The number of nitrogens with zero attached hydrogens (tertiary/aromatic N) is 1. The predicted octanol–water partition coefficient (Wildman–Crippen LogP) is 3.39. The first kappa shape index (κ1) is 15.4. The molecule has 1 aliphatic carbocycles. The van der Waals surface area contributed by atoms with Crippen LogP contribution in [0.4, 0.5) is 5.69 Å². The highest BCUT2D eigenvalue weighted by Crippen LogP contribution is 2.28. The summed E-state index contributed by atoms with van der Waals surface area (Å²) in [7, 11) is 0. The number of ether oxygens (including phenoxy) is 1. The van der Waals surface area contributed by atoms with Crippen LogP contribution in [0.3, 0.4) is 0 Å². The Bertz CT molecular complexity index is 543. The molecule has 2 atom stereocenters. The number of carboxylic acids is 1. The fourth-order valence-electron chi connectivity index (χ4n) is 2.83. The van der Waals surface area contributed by atoms with Gasteiger partial charge >= 0.3 is 5.97 Å². The SMILES string of the molecule is CC1CCCCC1OCc1cccc([N+](=O)[O-])c1C(=O)O. The molecule has 0 aliphatic heterocycles. The molecule has 1 aliphatic rings. The number of nitro benzene ring substituents is 1. The van der Waals surface area contributed by atoms with Gasteiger partial charge in [0.1, 0.15) is 5.56 Å². The molecule has 0 bridgehead atoms. The second-order valence-corrected chi connectivity index (χ2v) is 5.48. The van der Waals surface area contributed by atoms with Crippen LogP contribution >= 0.6 is 0 Å². The summed E-state index contributed by atoms with van der Waals surface area (Å²) in [4.78, 5) is 21.6. The van der Waals surface area contributed by atoms with Crippen molar-refractivity contribution in [1.82, 2.24) is 0 Å². The van der Waals surface area contributed by atoms with Gasteiger partial charge in [0.15, 0.2) is 0 Å². The van der Waals surface area contributed by atoms with Crippen LogP contribution in [0.5, 0.6) is 0 Å². The quantitative estimate of drug-likeness (QED) is 0.664. The third-order valence-electron chi connectivity index (χ3n) is 4.03. The lowest BCUT2D eigenvalue weighted by atomic mass is 9.88. The number of rotatable bonds is 5. The molecular weight excluding hydrogens is 274 g/mol. The minimum atomic E-state index is -1.29. The van der Waals surface area contributed by atoms with Crippen molar-refractivity contribution in [3.05, 3.63) is 39.4 Å². The van der Waals surface area contributed by atoms with E-state index in [4.69, 9.17) is 4.74 Å². The largest absolute Gasteiger partial charge is 0.477 e. The number of carboxylic acid groups (broad SMARTS) is 1. The molecule has 1 aromatic carbocycles. The number of aromatic carboxylic acids is 1. The zero-order chi connectivity index (χ0) is 15.4. The molecule has 0 heterocycles. The van der Waals surface area contributed by atoms with Gasteiger partial charge in [-0.3, -0.25) is 10.1 Å². The number of benzene rings is 1. The Morgan fingerprint density at radius 2 is 2.14 bits per heavy atom. The van der Waals surface area contributed by atoms with Gasteiger partial charge in [-0.25, -0.2) is 4.79 Å². The molecule has 1 aromatic rings. The summed E-state index contributed by atoms with van der Waals surface area (Å²) >= 11 is 0. The highest BCUT2D eigenvalue weighted by Gasteiger charge is 2.26. The van der Waals surface area contributed by atoms with E-state index in [1.165, 1.54) is 18.6 Å². The van der Waals surface area contributed by atoms with Crippen molar-refractivity contribution in [2.75, 3.05) is 0 Å². The standard InChI is InChI=1S/C15H19NO5/c1-10-5-2-3-8-13(10)21-9-11-6-4-7-12(16(19)20)14(11)15(17)18/h4,6-7,10,13H,2-3,5,8-9H2,1H3,(H,17,18). The molecule has 6 heteroatoms. The molecule has 0 amide bonds. The van der Waals surface area contributed by atoms with Crippen LogP contribution in [-0.4, -0.2) is 22.1 Å². The number of hydrogen-bond donors (Lipinski definition) is 1. The Morgan fingerprint density at radius 1 is 1.43 bits per heavy atom. The zero-order valence-corrected chi connectivity index (χ0v) is 11.9. The third kappa shape index (κ3) is 3.58. The van der Waals surface area contributed by atoms with Gasteiger partial charge in [0, 0.05) is 6.07 Å². The van der Waals surface area contributed by atoms with Gasteiger partial charge in [-0.15, -0.1) is 0 Å². The second-order valence-electron chi connectivity index (χ2n) is 5.48. The van der Waals surface area contributed by atoms with E-state index in [9.17, 15) is 20.0 Å².